The number of rotatable bonds is 2. The molecule has 0 unspecified atom stereocenters. The summed E-state index contributed by atoms with van der Waals surface area (Å²) in [7, 11) is -2.16. The number of allylic oxidation sites excluding steroid dienone is 8. The molecule has 2 rings (SSSR count). The van der Waals surface area contributed by atoms with Crippen LogP contribution in [0.4, 0.5) is 0 Å². The Labute approximate surface area is 192 Å². The molecule has 2 aliphatic carbocycles. The van der Waals surface area contributed by atoms with Crippen LogP contribution in [0.15, 0.2) is 33.2 Å². The van der Waals surface area contributed by atoms with Gasteiger partial charge in [-0.2, -0.15) is 16.3 Å². The van der Waals surface area contributed by atoms with Gasteiger partial charge in [-0.15, -0.1) is 13.3 Å². The molecule has 0 bridgehead atoms. The van der Waals surface area contributed by atoms with Gasteiger partial charge in [-0.3, -0.25) is 12.2 Å². The summed E-state index contributed by atoms with van der Waals surface area (Å²) >= 11 is 0. The SMILES string of the molecule is CC1=[C-]C(C)(C)C(C)=C1C.C[Si](C)(C)C1=[C-]C([Si](C)(C)C)=CC1.[Cl-].[Cl-].[Ti+4]. The van der Waals surface area contributed by atoms with Gasteiger partial charge in [0.1, 0.15) is 0 Å². The van der Waals surface area contributed by atoms with Crippen LogP contribution in [0.1, 0.15) is 41.0 Å². The average molecular weight is 463 g/mol. The molecule has 0 nitrogen and oxygen atoms in total. The minimum Gasteiger partial charge on any atom is -1.00 e. The van der Waals surface area contributed by atoms with Crippen LogP contribution in [0.3, 0.4) is 0 Å². The van der Waals surface area contributed by atoms with Crippen molar-refractivity contribution in [1.29, 1.82) is 0 Å². The van der Waals surface area contributed by atoms with Crippen molar-refractivity contribution in [3.8, 4) is 0 Å². The first kappa shape index (κ1) is 31.4. The van der Waals surface area contributed by atoms with Gasteiger partial charge in [0.2, 0.25) is 0 Å². The minimum atomic E-state index is -1.09. The van der Waals surface area contributed by atoms with E-state index in [9.17, 15) is 0 Å². The third kappa shape index (κ3) is 8.37. The smallest absolute Gasteiger partial charge is 1.00 e. The zero-order valence-electron chi connectivity index (χ0n) is 18.5. The van der Waals surface area contributed by atoms with Crippen molar-refractivity contribution in [2.45, 2.75) is 80.3 Å². The van der Waals surface area contributed by atoms with Gasteiger partial charge < -0.3 is 24.8 Å². The molecule has 0 aromatic carbocycles. The predicted octanol–water partition coefficient (Wildman–Crippen LogP) is 0.918. The summed E-state index contributed by atoms with van der Waals surface area (Å²) in [4.78, 5) is 0. The molecule has 0 saturated heterocycles. The molecule has 0 saturated carbocycles. The molecule has 26 heavy (non-hydrogen) atoms. The third-order valence-electron chi connectivity index (χ3n) is 5.07. The summed E-state index contributed by atoms with van der Waals surface area (Å²) in [5.74, 6) is 0. The molecule has 0 heterocycles. The van der Waals surface area contributed by atoms with E-state index in [-0.39, 0.29) is 51.9 Å². The van der Waals surface area contributed by atoms with Crippen LogP contribution in [0, 0.1) is 17.6 Å². The fourth-order valence-electron chi connectivity index (χ4n) is 2.86. The molecule has 0 aromatic rings. The topological polar surface area (TPSA) is 0 Å². The molecule has 0 spiro atoms. The molecule has 0 atom stereocenters. The monoisotopic (exact) mass is 462 g/mol. The van der Waals surface area contributed by atoms with Crippen molar-refractivity contribution < 1.29 is 46.5 Å². The zero-order chi connectivity index (χ0) is 18.2. The molecule has 0 aromatic heterocycles. The third-order valence-corrected chi connectivity index (χ3v) is 9.16. The standard InChI is InChI=1S/C11H21Si2.C10H15.2ClH.Ti/c1-12(2,3)10-7-8-11(9-10)13(4,5)6;1-7-6-10(4,5)9(3)8(7)2;;;/h7H,8H2,1-6H3;1-5H3;2*1H;/q2*-1;;;+4/p-2. The Hall–Kier alpha value is 0.688. The van der Waals surface area contributed by atoms with Gasteiger partial charge in [-0.05, 0) is 0 Å². The van der Waals surface area contributed by atoms with Crippen molar-refractivity contribution in [3.05, 3.63) is 45.3 Å². The molecular formula is C21H36Cl2Si2Ti. The van der Waals surface area contributed by atoms with E-state index in [1.807, 2.05) is 0 Å². The van der Waals surface area contributed by atoms with Gasteiger partial charge >= 0.3 is 21.7 Å². The van der Waals surface area contributed by atoms with E-state index in [1.165, 1.54) is 23.1 Å². The van der Waals surface area contributed by atoms with Crippen LogP contribution in [-0.2, 0) is 21.7 Å². The van der Waals surface area contributed by atoms with E-state index < -0.39 is 16.1 Å². The van der Waals surface area contributed by atoms with E-state index in [0.717, 1.165) is 0 Å². The maximum Gasteiger partial charge on any atom is 4.00 e. The van der Waals surface area contributed by atoms with Gasteiger partial charge in [0.15, 0.2) is 0 Å². The summed E-state index contributed by atoms with van der Waals surface area (Å²) in [6, 6.07) is 0. The Kier molecular flexibility index (Phi) is 13.3. The van der Waals surface area contributed by atoms with Crippen LogP contribution in [0.5, 0.6) is 0 Å². The minimum absolute atomic E-state index is 0. The van der Waals surface area contributed by atoms with Gasteiger partial charge in [0, 0.05) is 8.07 Å². The Morgan fingerprint density at radius 3 is 1.50 bits per heavy atom. The van der Waals surface area contributed by atoms with E-state index in [1.54, 1.807) is 10.4 Å². The first-order valence-electron chi connectivity index (χ1n) is 8.80. The van der Waals surface area contributed by atoms with Crippen LogP contribution in [0.25, 0.3) is 0 Å². The van der Waals surface area contributed by atoms with Crippen molar-refractivity contribution in [1.82, 2.24) is 0 Å². The number of halogens is 2. The number of hydrogen-bond acceptors (Lipinski definition) is 0. The molecule has 0 amide bonds. The fourth-order valence-corrected chi connectivity index (χ4v) is 5.45. The molecule has 146 valence electrons. The molecular weight excluding hydrogens is 427 g/mol. The Morgan fingerprint density at radius 2 is 1.35 bits per heavy atom. The number of hydrogen-bond donors (Lipinski definition) is 0. The maximum atomic E-state index is 3.67. The Balaban J connectivity index is -0.000000374. The summed E-state index contributed by atoms with van der Waals surface area (Å²) in [6.45, 7) is 25.4. The maximum absolute atomic E-state index is 3.67. The van der Waals surface area contributed by atoms with Gasteiger partial charge in [0.05, 0.1) is 8.07 Å². The summed E-state index contributed by atoms with van der Waals surface area (Å²) < 4.78 is 0. The average Bonchev–Trinajstić information content (AvgIpc) is 2.91. The molecule has 0 aliphatic heterocycles. The van der Waals surface area contributed by atoms with Crippen molar-refractivity contribution in [2.24, 2.45) is 5.41 Å². The van der Waals surface area contributed by atoms with Crippen molar-refractivity contribution in [3.63, 3.8) is 0 Å². The summed E-state index contributed by atoms with van der Waals surface area (Å²) in [6.07, 6.45) is 10.7. The normalized spacial score (nSPS) is 18.3. The largest absolute Gasteiger partial charge is 4.00 e. The Bertz CT molecular complexity index is 598. The second-order valence-corrected chi connectivity index (χ2v) is 19.7. The van der Waals surface area contributed by atoms with Gasteiger partial charge in [-0.1, -0.05) is 72.4 Å². The van der Waals surface area contributed by atoms with Crippen molar-refractivity contribution >= 4 is 16.1 Å². The second kappa shape index (κ2) is 11.0. The van der Waals surface area contributed by atoms with Gasteiger partial charge in [-0.25, -0.2) is 16.8 Å². The Morgan fingerprint density at radius 1 is 0.885 bits per heavy atom. The molecule has 0 fully saturated rings. The van der Waals surface area contributed by atoms with E-state index in [4.69, 9.17) is 0 Å². The van der Waals surface area contributed by atoms with E-state index in [0.29, 0.717) is 0 Å². The van der Waals surface area contributed by atoms with Crippen LogP contribution >= 0.6 is 0 Å². The van der Waals surface area contributed by atoms with Crippen LogP contribution in [0.2, 0.25) is 39.3 Å². The van der Waals surface area contributed by atoms with Crippen LogP contribution < -0.4 is 24.8 Å². The van der Waals surface area contributed by atoms with Crippen molar-refractivity contribution in [2.75, 3.05) is 0 Å². The quantitative estimate of drug-likeness (QED) is 0.422. The molecule has 5 heteroatoms. The first-order valence-corrected chi connectivity index (χ1v) is 15.8. The molecule has 2 aliphatic rings. The summed E-state index contributed by atoms with van der Waals surface area (Å²) in [5.41, 5.74) is 4.39. The summed E-state index contributed by atoms with van der Waals surface area (Å²) in [5, 5.41) is 3.16. The second-order valence-electron chi connectivity index (χ2n) is 9.55. The van der Waals surface area contributed by atoms with Crippen LogP contribution in [-0.4, -0.2) is 16.1 Å². The molecule has 0 N–H and O–H groups in total. The molecule has 0 radical (unpaired) electrons. The van der Waals surface area contributed by atoms with Gasteiger partial charge in [0.25, 0.3) is 0 Å². The zero-order valence-corrected chi connectivity index (χ0v) is 23.6. The first-order chi connectivity index (χ1) is 10.2. The van der Waals surface area contributed by atoms with E-state index >= 15 is 0 Å². The van der Waals surface area contributed by atoms with E-state index in [2.05, 4.69) is 92.1 Å². The fraction of sp³-hybridized carbons (Fsp3) is 0.619. The predicted molar refractivity (Wildman–Crippen MR) is 111 cm³/mol.